The number of hydrogen-bond donors (Lipinski definition) is 1. The maximum Gasteiger partial charge on any atom is 0.123 e. The van der Waals surface area contributed by atoms with Crippen LogP contribution in [0.2, 0.25) is 0 Å². The van der Waals surface area contributed by atoms with Gasteiger partial charge < -0.3 is 14.6 Å². The van der Waals surface area contributed by atoms with Gasteiger partial charge in [0.25, 0.3) is 0 Å². The number of morpholine rings is 1. The van der Waals surface area contributed by atoms with E-state index in [1.807, 2.05) is 0 Å². The summed E-state index contributed by atoms with van der Waals surface area (Å²) in [6.45, 7) is 20.1. The van der Waals surface area contributed by atoms with Crippen LogP contribution in [-0.4, -0.2) is 54.6 Å². The van der Waals surface area contributed by atoms with Crippen molar-refractivity contribution in [3.05, 3.63) is 29.3 Å². The summed E-state index contributed by atoms with van der Waals surface area (Å²) in [7, 11) is 0. The van der Waals surface area contributed by atoms with Crippen molar-refractivity contribution < 1.29 is 14.6 Å². The van der Waals surface area contributed by atoms with E-state index in [4.69, 9.17) is 9.47 Å². The molecule has 4 heteroatoms. The van der Waals surface area contributed by atoms with Crippen LogP contribution in [0.3, 0.4) is 0 Å². The molecule has 0 aromatic heterocycles. The minimum absolute atomic E-state index is 0.0172. The number of β-amino-alcohol motifs (C(OH)–C–C–N with tert-alkyl or cyclic N) is 1. The highest BCUT2D eigenvalue weighted by molar-refractivity contribution is 5.43. The highest BCUT2D eigenvalue weighted by Gasteiger charge is 2.26. The molecule has 1 N–H and O–H groups in total. The SMILES string of the molecule is C[C@@H]1CN(C[C@@H](O)COc2ccc(C(C)(C)C)cc2C(C)(C)C)C[C@H](C)O1. The largest absolute Gasteiger partial charge is 0.491 e. The predicted octanol–water partition coefficient (Wildman–Crippen LogP) is 4.13. The lowest BCUT2D eigenvalue weighted by atomic mass is 9.80. The van der Waals surface area contributed by atoms with Crippen LogP contribution in [0.15, 0.2) is 18.2 Å². The molecule has 1 saturated heterocycles. The van der Waals surface area contributed by atoms with Crippen molar-refractivity contribution in [1.82, 2.24) is 4.90 Å². The molecule has 27 heavy (non-hydrogen) atoms. The lowest BCUT2D eigenvalue weighted by Crippen LogP contribution is -2.48. The third kappa shape index (κ3) is 6.48. The number of benzene rings is 1. The van der Waals surface area contributed by atoms with E-state index in [-0.39, 0.29) is 23.0 Å². The zero-order chi connectivity index (χ0) is 20.4. The van der Waals surface area contributed by atoms with Gasteiger partial charge in [-0.3, -0.25) is 4.90 Å². The van der Waals surface area contributed by atoms with Gasteiger partial charge in [-0.25, -0.2) is 0 Å². The molecule has 1 aromatic rings. The van der Waals surface area contributed by atoms with E-state index in [1.165, 1.54) is 11.1 Å². The van der Waals surface area contributed by atoms with Gasteiger partial charge in [0.1, 0.15) is 18.5 Å². The molecular formula is C23H39NO3. The summed E-state index contributed by atoms with van der Waals surface area (Å²) in [5.74, 6) is 0.873. The van der Waals surface area contributed by atoms with E-state index in [0.717, 1.165) is 18.8 Å². The van der Waals surface area contributed by atoms with E-state index < -0.39 is 6.10 Å². The first-order valence-electron chi connectivity index (χ1n) is 10.2. The highest BCUT2D eigenvalue weighted by Crippen LogP contribution is 2.35. The van der Waals surface area contributed by atoms with E-state index >= 15 is 0 Å². The third-order valence-corrected chi connectivity index (χ3v) is 5.05. The zero-order valence-corrected chi connectivity index (χ0v) is 18.5. The molecule has 0 aliphatic carbocycles. The number of ether oxygens (including phenoxy) is 2. The maximum absolute atomic E-state index is 10.5. The van der Waals surface area contributed by atoms with Gasteiger partial charge in [-0.2, -0.15) is 0 Å². The molecule has 0 amide bonds. The Morgan fingerprint density at radius 3 is 2.19 bits per heavy atom. The van der Waals surface area contributed by atoms with Crippen LogP contribution >= 0.6 is 0 Å². The molecule has 1 aromatic carbocycles. The van der Waals surface area contributed by atoms with Gasteiger partial charge in [0.05, 0.1) is 12.2 Å². The Morgan fingerprint density at radius 2 is 1.67 bits per heavy atom. The van der Waals surface area contributed by atoms with E-state index in [1.54, 1.807) is 0 Å². The molecule has 1 aliphatic heterocycles. The quantitative estimate of drug-likeness (QED) is 0.838. The van der Waals surface area contributed by atoms with Gasteiger partial charge in [0.2, 0.25) is 0 Å². The molecular weight excluding hydrogens is 338 g/mol. The van der Waals surface area contributed by atoms with Crippen LogP contribution < -0.4 is 4.74 Å². The Labute approximate surface area is 165 Å². The summed E-state index contributed by atoms with van der Waals surface area (Å²) < 4.78 is 11.8. The van der Waals surface area contributed by atoms with Crippen LogP contribution in [0.1, 0.15) is 66.5 Å². The summed E-state index contributed by atoms with van der Waals surface area (Å²) >= 11 is 0. The topological polar surface area (TPSA) is 41.9 Å². The summed E-state index contributed by atoms with van der Waals surface area (Å²) in [5, 5.41) is 10.5. The van der Waals surface area contributed by atoms with Gasteiger partial charge in [0, 0.05) is 19.6 Å². The van der Waals surface area contributed by atoms with Crippen LogP contribution in [0.5, 0.6) is 5.75 Å². The van der Waals surface area contributed by atoms with Gasteiger partial charge in [-0.15, -0.1) is 0 Å². The Bertz CT molecular complexity index is 605. The summed E-state index contributed by atoms with van der Waals surface area (Å²) in [5.41, 5.74) is 2.57. The fourth-order valence-corrected chi connectivity index (χ4v) is 3.68. The van der Waals surface area contributed by atoms with Gasteiger partial charge in [-0.1, -0.05) is 53.7 Å². The molecule has 3 atom stereocenters. The standard InChI is InChI=1S/C23H39NO3/c1-16-12-24(13-17(2)27-16)14-19(25)15-26-21-10-9-18(22(3,4)5)11-20(21)23(6,7)8/h9-11,16-17,19,25H,12-15H2,1-8H3/t16-,17+,19-/m1/s1. The lowest BCUT2D eigenvalue weighted by molar-refractivity contribution is -0.0787. The molecule has 154 valence electrons. The first-order chi connectivity index (χ1) is 12.4. The van der Waals surface area contributed by atoms with Crippen molar-refractivity contribution in [3.8, 4) is 5.75 Å². The second-order valence-corrected chi connectivity index (χ2v) is 10.2. The van der Waals surface area contributed by atoms with Crippen molar-refractivity contribution >= 4 is 0 Å². The van der Waals surface area contributed by atoms with E-state index in [9.17, 15) is 5.11 Å². The number of rotatable bonds is 5. The average Bonchev–Trinajstić information content (AvgIpc) is 2.50. The zero-order valence-electron chi connectivity index (χ0n) is 18.5. The number of aliphatic hydroxyl groups excluding tert-OH is 1. The van der Waals surface area contributed by atoms with Gasteiger partial charge in [0.15, 0.2) is 0 Å². The molecule has 0 spiro atoms. The van der Waals surface area contributed by atoms with Crippen molar-refractivity contribution in [1.29, 1.82) is 0 Å². The fraction of sp³-hybridized carbons (Fsp3) is 0.739. The smallest absolute Gasteiger partial charge is 0.123 e. The Kier molecular flexibility index (Phi) is 6.99. The van der Waals surface area contributed by atoms with Crippen molar-refractivity contribution in [3.63, 3.8) is 0 Å². The van der Waals surface area contributed by atoms with Crippen molar-refractivity contribution in [2.45, 2.75) is 84.5 Å². The molecule has 2 rings (SSSR count). The van der Waals surface area contributed by atoms with Crippen LogP contribution in [0.25, 0.3) is 0 Å². The highest BCUT2D eigenvalue weighted by atomic mass is 16.5. The molecule has 0 saturated carbocycles. The Hall–Kier alpha value is -1.10. The molecule has 1 aliphatic rings. The van der Waals surface area contributed by atoms with E-state index in [0.29, 0.717) is 13.2 Å². The summed E-state index contributed by atoms with van der Waals surface area (Å²) in [4.78, 5) is 2.26. The first kappa shape index (κ1) is 22.2. The van der Waals surface area contributed by atoms with Gasteiger partial charge >= 0.3 is 0 Å². The molecule has 0 radical (unpaired) electrons. The molecule has 1 fully saturated rings. The maximum atomic E-state index is 10.5. The lowest BCUT2D eigenvalue weighted by Gasteiger charge is -2.36. The van der Waals surface area contributed by atoms with Gasteiger partial charge in [-0.05, 0) is 41.9 Å². The second kappa shape index (κ2) is 8.50. The molecule has 0 unspecified atom stereocenters. The van der Waals surface area contributed by atoms with Crippen molar-refractivity contribution in [2.75, 3.05) is 26.2 Å². The van der Waals surface area contributed by atoms with Crippen LogP contribution in [0.4, 0.5) is 0 Å². The average molecular weight is 378 g/mol. The number of aliphatic hydroxyl groups is 1. The van der Waals surface area contributed by atoms with E-state index in [2.05, 4.69) is 78.5 Å². The Morgan fingerprint density at radius 1 is 1.07 bits per heavy atom. The molecule has 0 bridgehead atoms. The summed E-state index contributed by atoms with van der Waals surface area (Å²) in [6, 6.07) is 6.46. The fourth-order valence-electron chi connectivity index (χ4n) is 3.68. The second-order valence-electron chi connectivity index (χ2n) is 10.2. The molecule has 1 heterocycles. The van der Waals surface area contributed by atoms with Crippen molar-refractivity contribution in [2.24, 2.45) is 0 Å². The predicted molar refractivity (Wildman–Crippen MR) is 112 cm³/mol. The number of nitrogens with zero attached hydrogens (tertiary/aromatic N) is 1. The van der Waals surface area contributed by atoms with Crippen LogP contribution in [-0.2, 0) is 15.6 Å². The third-order valence-electron chi connectivity index (χ3n) is 5.05. The minimum atomic E-state index is -0.516. The number of hydrogen-bond acceptors (Lipinski definition) is 4. The monoisotopic (exact) mass is 377 g/mol. The first-order valence-corrected chi connectivity index (χ1v) is 10.2. The normalized spacial score (nSPS) is 23.3. The van der Waals surface area contributed by atoms with Crippen LogP contribution in [0, 0.1) is 0 Å². The minimum Gasteiger partial charge on any atom is -0.491 e. The summed E-state index contributed by atoms with van der Waals surface area (Å²) in [6.07, 6.45) is -0.101. The Balaban J connectivity index is 2.04. The molecule has 4 nitrogen and oxygen atoms in total.